The first-order chi connectivity index (χ1) is 15.5. The van der Waals surface area contributed by atoms with Crippen LogP contribution in [0.5, 0.6) is 5.75 Å². The van der Waals surface area contributed by atoms with Crippen LogP contribution in [-0.2, 0) is 7.05 Å². The molecule has 5 rings (SSSR count). The maximum atomic E-state index is 11.9. The van der Waals surface area contributed by atoms with Gasteiger partial charge in [-0.1, -0.05) is 12.5 Å². The van der Waals surface area contributed by atoms with Gasteiger partial charge in [-0.15, -0.1) is 10.2 Å². The number of fused-ring (bicyclic) bond motifs is 2. The standard InChI is InChI=1S/C24H28N6O2/c1-29(19-12-17-4-3-5-18(13-19)26-17)23-9-8-21(27-28-23)20-7-6-15(10-22(20)31)16-11-24(32)30(2)25-14-16/h6-11,14,17-19,26,31H,3-5,12-13H2,1-2H3/t17-,18+,19+. The molecule has 2 saturated heterocycles. The van der Waals surface area contributed by atoms with E-state index < -0.39 is 0 Å². The van der Waals surface area contributed by atoms with Crippen molar-refractivity contribution in [3.05, 3.63) is 52.9 Å². The van der Waals surface area contributed by atoms with Crippen molar-refractivity contribution in [1.29, 1.82) is 0 Å². The molecule has 0 saturated carbocycles. The molecule has 0 aliphatic carbocycles. The number of hydrogen-bond donors (Lipinski definition) is 2. The molecule has 4 heterocycles. The molecule has 0 unspecified atom stereocenters. The number of phenols is 1. The van der Waals surface area contributed by atoms with Crippen LogP contribution in [0, 0.1) is 0 Å². The van der Waals surface area contributed by atoms with Crippen molar-refractivity contribution in [3.63, 3.8) is 0 Å². The number of piperidine rings is 2. The summed E-state index contributed by atoms with van der Waals surface area (Å²) >= 11 is 0. The van der Waals surface area contributed by atoms with E-state index in [1.807, 2.05) is 18.2 Å². The molecule has 8 heteroatoms. The Morgan fingerprint density at radius 1 is 1.06 bits per heavy atom. The third kappa shape index (κ3) is 3.98. The van der Waals surface area contributed by atoms with Crippen molar-refractivity contribution in [3.8, 4) is 28.1 Å². The molecule has 2 aromatic heterocycles. The number of aryl methyl sites for hydroxylation is 1. The number of aromatic nitrogens is 4. The Kier molecular flexibility index (Phi) is 5.38. The summed E-state index contributed by atoms with van der Waals surface area (Å²) < 4.78 is 1.27. The quantitative estimate of drug-likeness (QED) is 0.654. The minimum atomic E-state index is -0.200. The molecule has 2 bridgehead atoms. The van der Waals surface area contributed by atoms with Gasteiger partial charge in [0.25, 0.3) is 5.56 Å². The molecular weight excluding hydrogens is 404 g/mol. The van der Waals surface area contributed by atoms with Crippen LogP contribution < -0.4 is 15.8 Å². The Hall–Kier alpha value is -3.26. The Bertz CT molecular complexity index is 1160. The van der Waals surface area contributed by atoms with E-state index in [0.29, 0.717) is 34.9 Å². The molecule has 0 amide bonds. The first-order valence-electron chi connectivity index (χ1n) is 11.2. The van der Waals surface area contributed by atoms with Gasteiger partial charge >= 0.3 is 0 Å². The van der Waals surface area contributed by atoms with Gasteiger partial charge in [0.1, 0.15) is 5.75 Å². The monoisotopic (exact) mass is 432 g/mol. The van der Waals surface area contributed by atoms with E-state index in [2.05, 4.69) is 32.6 Å². The maximum Gasteiger partial charge on any atom is 0.267 e. The number of phenolic OH excluding ortho intramolecular Hbond substituents is 1. The number of nitrogens with zero attached hydrogens (tertiary/aromatic N) is 5. The Balaban J connectivity index is 1.34. The number of hydrogen-bond acceptors (Lipinski definition) is 7. The maximum absolute atomic E-state index is 11.9. The summed E-state index contributed by atoms with van der Waals surface area (Å²) in [7, 11) is 3.70. The van der Waals surface area contributed by atoms with Crippen LogP contribution >= 0.6 is 0 Å². The van der Waals surface area contributed by atoms with Crippen molar-refractivity contribution < 1.29 is 5.11 Å². The van der Waals surface area contributed by atoms with Crippen molar-refractivity contribution in [2.24, 2.45) is 7.05 Å². The Labute approximate surface area is 186 Å². The summed E-state index contributed by atoms with van der Waals surface area (Å²) in [6.45, 7) is 0. The normalized spacial score (nSPS) is 22.5. The van der Waals surface area contributed by atoms with Crippen LogP contribution in [0.15, 0.2) is 47.4 Å². The van der Waals surface area contributed by atoms with Gasteiger partial charge in [0.05, 0.1) is 11.9 Å². The smallest absolute Gasteiger partial charge is 0.267 e. The van der Waals surface area contributed by atoms with Crippen LogP contribution in [0.2, 0.25) is 0 Å². The summed E-state index contributed by atoms with van der Waals surface area (Å²) in [5, 5.41) is 27.2. The van der Waals surface area contributed by atoms with E-state index in [0.717, 1.165) is 24.2 Å². The molecule has 2 aliphatic rings. The first-order valence-corrected chi connectivity index (χ1v) is 11.2. The summed E-state index contributed by atoms with van der Waals surface area (Å²) in [5.41, 5.74) is 2.38. The number of rotatable bonds is 4. The number of anilines is 1. The number of aromatic hydroxyl groups is 1. The van der Waals surface area contributed by atoms with Gasteiger partial charge in [-0.2, -0.15) is 5.10 Å². The lowest BCUT2D eigenvalue weighted by molar-refractivity contribution is 0.219. The minimum absolute atomic E-state index is 0.0877. The van der Waals surface area contributed by atoms with E-state index in [-0.39, 0.29) is 11.3 Å². The highest BCUT2D eigenvalue weighted by Crippen LogP contribution is 2.33. The lowest BCUT2D eigenvalue weighted by Crippen LogP contribution is -2.54. The molecule has 3 aromatic rings. The second kappa shape index (κ2) is 8.35. The third-order valence-electron chi connectivity index (χ3n) is 6.82. The lowest BCUT2D eigenvalue weighted by atomic mass is 9.83. The third-order valence-corrected chi connectivity index (χ3v) is 6.82. The van der Waals surface area contributed by atoms with Crippen molar-refractivity contribution in [2.75, 3.05) is 11.9 Å². The average molecular weight is 433 g/mol. The summed E-state index contributed by atoms with van der Waals surface area (Å²) in [5.74, 6) is 0.936. The molecule has 2 N–H and O–H groups in total. The molecule has 1 aromatic carbocycles. The van der Waals surface area contributed by atoms with E-state index in [1.54, 1.807) is 25.4 Å². The fourth-order valence-corrected chi connectivity index (χ4v) is 4.95. The predicted molar refractivity (Wildman–Crippen MR) is 124 cm³/mol. The zero-order chi connectivity index (χ0) is 22.2. The van der Waals surface area contributed by atoms with Crippen molar-refractivity contribution >= 4 is 5.82 Å². The van der Waals surface area contributed by atoms with Gasteiger partial charge in [-0.25, -0.2) is 4.68 Å². The highest BCUT2D eigenvalue weighted by Gasteiger charge is 2.33. The van der Waals surface area contributed by atoms with E-state index in [9.17, 15) is 9.90 Å². The Morgan fingerprint density at radius 3 is 2.50 bits per heavy atom. The molecule has 0 spiro atoms. The topological polar surface area (TPSA) is 96.2 Å². The zero-order valence-corrected chi connectivity index (χ0v) is 18.4. The summed E-state index contributed by atoms with van der Waals surface area (Å²) in [4.78, 5) is 14.1. The molecule has 2 fully saturated rings. The highest BCUT2D eigenvalue weighted by molar-refractivity contribution is 5.74. The minimum Gasteiger partial charge on any atom is -0.507 e. The Morgan fingerprint density at radius 2 is 1.84 bits per heavy atom. The van der Waals surface area contributed by atoms with Gasteiger partial charge < -0.3 is 15.3 Å². The van der Waals surface area contributed by atoms with Crippen LogP contribution in [0.1, 0.15) is 32.1 Å². The van der Waals surface area contributed by atoms with Gasteiger partial charge in [0, 0.05) is 49.4 Å². The van der Waals surface area contributed by atoms with E-state index in [4.69, 9.17) is 0 Å². The van der Waals surface area contributed by atoms with Gasteiger partial charge in [0.15, 0.2) is 5.82 Å². The molecule has 3 atom stereocenters. The van der Waals surface area contributed by atoms with Crippen LogP contribution in [0.3, 0.4) is 0 Å². The predicted octanol–water partition coefficient (Wildman–Crippen LogP) is 2.72. The van der Waals surface area contributed by atoms with Crippen LogP contribution in [0.4, 0.5) is 5.82 Å². The first kappa shape index (κ1) is 20.6. The fourth-order valence-electron chi connectivity index (χ4n) is 4.95. The molecule has 166 valence electrons. The summed E-state index contributed by atoms with van der Waals surface area (Å²) in [6, 6.07) is 12.3. The zero-order valence-electron chi connectivity index (χ0n) is 18.4. The molecular formula is C24H28N6O2. The van der Waals surface area contributed by atoms with Crippen molar-refractivity contribution in [1.82, 2.24) is 25.3 Å². The number of benzene rings is 1. The second-order valence-electron chi connectivity index (χ2n) is 8.94. The van der Waals surface area contributed by atoms with Gasteiger partial charge in [-0.05, 0) is 55.5 Å². The van der Waals surface area contributed by atoms with Crippen LogP contribution in [-0.4, -0.2) is 50.3 Å². The number of nitrogens with one attached hydrogen (secondary N) is 1. The van der Waals surface area contributed by atoms with Gasteiger partial charge in [-0.3, -0.25) is 4.79 Å². The largest absolute Gasteiger partial charge is 0.507 e. The lowest BCUT2D eigenvalue weighted by Gasteiger charge is -2.43. The average Bonchev–Trinajstić information content (AvgIpc) is 2.80. The summed E-state index contributed by atoms with van der Waals surface area (Å²) in [6.07, 6.45) is 7.72. The van der Waals surface area contributed by atoms with Crippen LogP contribution in [0.25, 0.3) is 22.4 Å². The van der Waals surface area contributed by atoms with E-state index in [1.165, 1.54) is 30.0 Å². The molecule has 8 nitrogen and oxygen atoms in total. The second-order valence-corrected chi connectivity index (χ2v) is 8.94. The molecule has 0 radical (unpaired) electrons. The van der Waals surface area contributed by atoms with Crippen molar-refractivity contribution in [2.45, 2.75) is 50.2 Å². The fraction of sp³-hybridized carbons (Fsp3) is 0.417. The molecule has 2 aliphatic heterocycles. The SMILES string of the molecule is CN(c1ccc(-c2ccc(-c3cnn(C)c(=O)c3)cc2O)nn1)[C@H]1C[C@H]2CCC[C@@H](C1)N2. The molecule has 32 heavy (non-hydrogen) atoms. The van der Waals surface area contributed by atoms with E-state index >= 15 is 0 Å². The van der Waals surface area contributed by atoms with Gasteiger partial charge in [0.2, 0.25) is 0 Å². The highest BCUT2D eigenvalue weighted by atomic mass is 16.3.